The number of rotatable bonds is 16. The highest BCUT2D eigenvalue weighted by molar-refractivity contribution is 5.69. The quantitative estimate of drug-likeness (QED) is 0.157. The van der Waals surface area contributed by atoms with Crippen LogP contribution in [0.2, 0.25) is 0 Å². The summed E-state index contributed by atoms with van der Waals surface area (Å²) in [7, 11) is 0. The predicted octanol–water partition coefficient (Wildman–Crippen LogP) is 7.72. The number of carbonyl (C=O) groups is 1. The Morgan fingerprint density at radius 2 is 1.22 bits per heavy atom. The van der Waals surface area contributed by atoms with Crippen molar-refractivity contribution in [2.24, 2.45) is 5.92 Å². The van der Waals surface area contributed by atoms with Gasteiger partial charge in [0, 0.05) is 6.42 Å². The Labute approximate surface area is 168 Å². The zero-order chi connectivity index (χ0) is 20.2. The third kappa shape index (κ3) is 19.0. The summed E-state index contributed by atoms with van der Waals surface area (Å²) in [5, 5.41) is 0. The zero-order valence-electron chi connectivity index (χ0n) is 18.2. The van der Waals surface area contributed by atoms with Gasteiger partial charge in [-0.1, -0.05) is 82.2 Å². The highest BCUT2D eigenvalue weighted by Crippen LogP contribution is 2.08. The molecule has 0 saturated carbocycles. The van der Waals surface area contributed by atoms with Gasteiger partial charge in [0.25, 0.3) is 0 Å². The highest BCUT2D eigenvalue weighted by Gasteiger charge is 2.11. The van der Waals surface area contributed by atoms with Crippen LogP contribution in [-0.4, -0.2) is 12.1 Å². The molecule has 2 nitrogen and oxygen atoms in total. The van der Waals surface area contributed by atoms with Crippen LogP contribution in [0.15, 0.2) is 48.6 Å². The van der Waals surface area contributed by atoms with Crippen LogP contribution in [0.25, 0.3) is 0 Å². The molecule has 0 heterocycles. The maximum Gasteiger partial charge on any atom is 0.306 e. The molecule has 0 aromatic heterocycles. The third-order valence-corrected chi connectivity index (χ3v) is 4.47. The molecule has 0 rings (SSSR count). The average molecular weight is 375 g/mol. The van der Waals surface area contributed by atoms with E-state index < -0.39 is 0 Å². The zero-order valence-corrected chi connectivity index (χ0v) is 18.2. The monoisotopic (exact) mass is 374 g/mol. The molecule has 0 bridgehead atoms. The predicted molar refractivity (Wildman–Crippen MR) is 119 cm³/mol. The molecule has 0 aromatic carbocycles. The molecule has 0 aliphatic rings. The minimum atomic E-state index is -0.0768. The number of ether oxygens (including phenoxy) is 1. The van der Waals surface area contributed by atoms with Gasteiger partial charge < -0.3 is 4.74 Å². The van der Waals surface area contributed by atoms with Crippen LogP contribution in [0.1, 0.15) is 91.9 Å². The Morgan fingerprint density at radius 1 is 0.741 bits per heavy atom. The van der Waals surface area contributed by atoms with E-state index in [9.17, 15) is 4.79 Å². The van der Waals surface area contributed by atoms with Crippen molar-refractivity contribution >= 4 is 5.97 Å². The number of hydrogen-bond donors (Lipinski definition) is 0. The fourth-order valence-corrected chi connectivity index (χ4v) is 2.33. The summed E-state index contributed by atoms with van der Waals surface area (Å²) in [6.07, 6.45) is 28.2. The van der Waals surface area contributed by atoms with E-state index in [2.05, 4.69) is 69.4 Å². The molecule has 1 atom stereocenters. The van der Waals surface area contributed by atoms with Crippen molar-refractivity contribution < 1.29 is 9.53 Å². The molecule has 0 fully saturated rings. The van der Waals surface area contributed by atoms with Gasteiger partial charge in [-0.15, -0.1) is 0 Å². The Morgan fingerprint density at radius 3 is 1.70 bits per heavy atom. The van der Waals surface area contributed by atoms with Crippen molar-refractivity contribution in [2.75, 3.05) is 0 Å². The molecule has 0 aromatic rings. The fourth-order valence-electron chi connectivity index (χ4n) is 2.33. The Kier molecular flexibility index (Phi) is 18.1. The van der Waals surface area contributed by atoms with Crippen molar-refractivity contribution in [3.63, 3.8) is 0 Å². The molecule has 0 aliphatic carbocycles. The summed E-state index contributed by atoms with van der Waals surface area (Å²) in [5.74, 6) is 0.301. The van der Waals surface area contributed by atoms with E-state index in [1.54, 1.807) is 0 Å². The lowest BCUT2D eigenvalue weighted by Crippen LogP contribution is -2.19. The second kappa shape index (κ2) is 19.2. The first-order chi connectivity index (χ1) is 13.1. The van der Waals surface area contributed by atoms with Crippen LogP contribution in [-0.2, 0) is 9.53 Å². The first kappa shape index (κ1) is 25.4. The van der Waals surface area contributed by atoms with Gasteiger partial charge in [-0.3, -0.25) is 4.79 Å². The van der Waals surface area contributed by atoms with Crippen LogP contribution in [0, 0.1) is 5.92 Å². The van der Waals surface area contributed by atoms with E-state index >= 15 is 0 Å². The average Bonchev–Trinajstić information content (AvgIpc) is 2.64. The molecule has 2 heteroatoms. The van der Waals surface area contributed by atoms with Gasteiger partial charge in [-0.2, -0.15) is 0 Å². The van der Waals surface area contributed by atoms with E-state index in [0.29, 0.717) is 12.3 Å². The maximum absolute atomic E-state index is 11.7. The van der Waals surface area contributed by atoms with Crippen molar-refractivity contribution in [1.29, 1.82) is 0 Å². The first-order valence-corrected chi connectivity index (χ1v) is 10.9. The van der Waals surface area contributed by atoms with Gasteiger partial charge in [0.2, 0.25) is 0 Å². The van der Waals surface area contributed by atoms with Gasteiger partial charge in [0.05, 0.1) is 0 Å². The molecule has 0 aliphatic heterocycles. The van der Waals surface area contributed by atoms with Crippen LogP contribution in [0.4, 0.5) is 0 Å². The molecule has 0 saturated heterocycles. The van der Waals surface area contributed by atoms with E-state index in [0.717, 1.165) is 32.1 Å². The first-order valence-electron chi connectivity index (χ1n) is 10.9. The Hall–Kier alpha value is -1.57. The summed E-state index contributed by atoms with van der Waals surface area (Å²) in [6.45, 7) is 8.33. The number of allylic oxidation sites excluding steroid dienone is 8. The smallest absolute Gasteiger partial charge is 0.306 e. The van der Waals surface area contributed by atoms with Crippen molar-refractivity contribution in [2.45, 2.75) is 98.0 Å². The minimum absolute atomic E-state index is 0.00838. The van der Waals surface area contributed by atoms with E-state index in [1.165, 1.54) is 25.7 Å². The lowest BCUT2D eigenvalue weighted by atomic mass is 10.1. The minimum Gasteiger partial charge on any atom is -0.462 e. The van der Waals surface area contributed by atoms with Crippen molar-refractivity contribution in [3.8, 4) is 0 Å². The lowest BCUT2D eigenvalue weighted by molar-refractivity contribution is -0.150. The van der Waals surface area contributed by atoms with Gasteiger partial charge in [-0.25, -0.2) is 0 Å². The van der Waals surface area contributed by atoms with Crippen LogP contribution >= 0.6 is 0 Å². The summed E-state index contributed by atoms with van der Waals surface area (Å²) in [6, 6.07) is 0. The normalized spacial score (nSPS) is 13.7. The van der Waals surface area contributed by atoms with Crippen molar-refractivity contribution in [3.05, 3.63) is 48.6 Å². The van der Waals surface area contributed by atoms with Crippen molar-refractivity contribution in [1.82, 2.24) is 0 Å². The second-order valence-electron chi connectivity index (χ2n) is 7.42. The Balaban J connectivity index is 3.55. The molecule has 0 spiro atoms. The summed E-state index contributed by atoms with van der Waals surface area (Å²) in [4.78, 5) is 11.7. The summed E-state index contributed by atoms with van der Waals surface area (Å²) < 4.78 is 5.36. The summed E-state index contributed by atoms with van der Waals surface area (Å²) in [5.41, 5.74) is 0. The topological polar surface area (TPSA) is 26.3 Å². The van der Waals surface area contributed by atoms with Gasteiger partial charge in [0.1, 0.15) is 6.10 Å². The van der Waals surface area contributed by atoms with Crippen LogP contribution < -0.4 is 0 Å². The van der Waals surface area contributed by atoms with Crippen LogP contribution in [0.5, 0.6) is 0 Å². The summed E-state index contributed by atoms with van der Waals surface area (Å²) >= 11 is 0. The molecular weight excluding hydrogens is 332 g/mol. The van der Waals surface area contributed by atoms with Gasteiger partial charge in [0.15, 0.2) is 0 Å². The maximum atomic E-state index is 11.7. The molecular formula is C25H42O2. The largest absolute Gasteiger partial charge is 0.462 e. The number of unbranched alkanes of at least 4 members (excludes halogenated alkanes) is 4. The SMILES string of the molecule is CCCCC/C=C\C/C=C\C/C=C\C/C=C/CCCC(=O)OC(C)C(C)C. The molecule has 0 radical (unpaired) electrons. The lowest BCUT2D eigenvalue weighted by Gasteiger charge is -2.16. The van der Waals surface area contributed by atoms with Gasteiger partial charge in [-0.05, 0) is 57.8 Å². The fraction of sp³-hybridized carbons (Fsp3) is 0.640. The van der Waals surface area contributed by atoms with E-state index in [1.807, 2.05) is 6.92 Å². The van der Waals surface area contributed by atoms with E-state index in [-0.39, 0.29) is 12.1 Å². The van der Waals surface area contributed by atoms with E-state index in [4.69, 9.17) is 4.74 Å². The molecule has 27 heavy (non-hydrogen) atoms. The Bertz CT molecular complexity index is 455. The molecule has 154 valence electrons. The standard InChI is InChI=1S/C25H42O2/c1-5-6-7-8-9-10-11-12-13-14-15-16-17-18-19-20-21-22-25(26)27-24(4)23(2)3/h9-10,12-13,15-16,18-19,23-24H,5-8,11,14,17,20-22H2,1-4H3/b10-9-,13-12-,16-15-,19-18+. The third-order valence-electron chi connectivity index (χ3n) is 4.47. The molecule has 0 amide bonds. The molecule has 0 N–H and O–H groups in total. The number of hydrogen-bond acceptors (Lipinski definition) is 2. The highest BCUT2D eigenvalue weighted by atomic mass is 16.5. The van der Waals surface area contributed by atoms with Gasteiger partial charge >= 0.3 is 5.97 Å². The molecule has 1 unspecified atom stereocenters. The second-order valence-corrected chi connectivity index (χ2v) is 7.42. The number of esters is 1. The number of carbonyl (C=O) groups excluding carboxylic acids is 1. The van der Waals surface area contributed by atoms with Crippen LogP contribution in [0.3, 0.4) is 0 Å².